The summed E-state index contributed by atoms with van der Waals surface area (Å²) < 4.78 is 39.3. The fraction of sp³-hybridized carbons (Fsp3) is 1.00. The molecule has 10 heavy (non-hydrogen) atoms. The summed E-state index contributed by atoms with van der Waals surface area (Å²) >= 11 is 0. The van der Waals surface area contributed by atoms with E-state index in [0.717, 1.165) is 0 Å². The summed E-state index contributed by atoms with van der Waals surface area (Å²) in [5.74, 6) is -0.336. The van der Waals surface area contributed by atoms with Crippen LogP contribution in [-0.2, 0) is 10.1 Å². The molecule has 1 N–H and O–H groups in total. The van der Waals surface area contributed by atoms with Crippen molar-refractivity contribution in [3.8, 4) is 0 Å². The standard InChI is InChI=1S/C4H9FO3S.K.H/c5-3-1-2-4-9(6,7)8;;/h1-4H2,(H,6,7,8);;/q;+1;-1. The van der Waals surface area contributed by atoms with Gasteiger partial charge >= 0.3 is 51.4 Å². The summed E-state index contributed by atoms with van der Waals surface area (Å²) in [5, 5.41) is 0. The second-order valence-electron chi connectivity index (χ2n) is 1.68. The van der Waals surface area contributed by atoms with Gasteiger partial charge in [-0.1, -0.05) is 0 Å². The van der Waals surface area contributed by atoms with Crippen LogP contribution in [0.3, 0.4) is 0 Å². The number of unbranched alkanes of at least 4 members (excludes halogenated alkanes) is 1. The molecule has 0 spiro atoms. The zero-order chi connectivity index (χ0) is 7.33. The molecule has 0 aromatic carbocycles. The first-order chi connectivity index (χ1) is 4.06. The van der Waals surface area contributed by atoms with Gasteiger partial charge in [-0.15, -0.1) is 0 Å². The fourth-order valence-corrected chi connectivity index (χ4v) is 0.948. The van der Waals surface area contributed by atoms with E-state index in [1.807, 2.05) is 0 Å². The molecule has 0 aromatic heterocycles. The molecule has 0 amide bonds. The Labute approximate surface area is 104 Å². The van der Waals surface area contributed by atoms with Crippen LogP contribution in [0.4, 0.5) is 4.39 Å². The zero-order valence-corrected chi connectivity index (χ0v) is 9.82. The zero-order valence-electron chi connectivity index (χ0n) is 6.88. The van der Waals surface area contributed by atoms with Crippen molar-refractivity contribution in [2.75, 3.05) is 12.4 Å². The van der Waals surface area contributed by atoms with Crippen LogP contribution in [0, 0.1) is 0 Å². The number of hydrogen-bond donors (Lipinski definition) is 1. The molecule has 0 aliphatic carbocycles. The quantitative estimate of drug-likeness (QED) is 0.314. The van der Waals surface area contributed by atoms with Crippen molar-refractivity contribution in [1.82, 2.24) is 0 Å². The first kappa shape index (κ1) is 14.0. The molecule has 0 heterocycles. The molecule has 0 aromatic rings. The van der Waals surface area contributed by atoms with E-state index in [1.165, 1.54) is 0 Å². The smallest absolute Gasteiger partial charge is 1.00 e. The average molecular weight is 196 g/mol. The van der Waals surface area contributed by atoms with Crippen molar-refractivity contribution >= 4 is 10.1 Å². The van der Waals surface area contributed by atoms with Crippen molar-refractivity contribution in [2.24, 2.45) is 0 Å². The van der Waals surface area contributed by atoms with Gasteiger partial charge in [0.1, 0.15) is 0 Å². The Morgan fingerprint density at radius 2 is 1.90 bits per heavy atom. The third kappa shape index (κ3) is 12.2. The normalized spacial score (nSPS) is 10.6. The van der Waals surface area contributed by atoms with Crippen molar-refractivity contribution in [3.05, 3.63) is 0 Å². The Morgan fingerprint density at radius 3 is 2.20 bits per heavy atom. The first-order valence-electron chi connectivity index (χ1n) is 2.57. The molecule has 0 fully saturated rings. The molecule has 0 unspecified atom stereocenters. The van der Waals surface area contributed by atoms with Gasteiger partial charge in [0, 0.05) is 0 Å². The topological polar surface area (TPSA) is 54.4 Å². The Hall–Kier alpha value is 1.48. The van der Waals surface area contributed by atoms with Crippen LogP contribution in [0.15, 0.2) is 0 Å². The van der Waals surface area contributed by atoms with Gasteiger partial charge in [0.2, 0.25) is 0 Å². The summed E-state index contributed by atoms with van der Waals surface area (Å²) in [5.41, 5.74) is 0. The van der Waals surface area contributed by atoms with Gasteiger partial charge in [0.05, 0.1) is 12.4 Å². The maximum absolute atomic E-state index is 11.3. The minimum absolute atomic E-state index is 0. The van der Waals surface area contributed by atoms with E-state index in [-0.39, 0.29) is 71.4 Å². The largest absolute Gasteiger partial charge is 1.00 e. The second-order valence-corrected chi connectivity index (χ2v) is 3.25. The van der Waals surface area contributed by atoms with Gasteiger partial charge < -0.3 is 1.43 Å². The summed E-state index contributed by atoms with van der Waals surface area (Å²) in [6.07, 6.45) is 0.384. The third-order valence-electron chi connectivity index (χ3n) is 0.786. The Bertz CT molecular complexity index is 161. The molecule has 0 aliphatic heterocycles. The molecule has 0 radical (unpaired) electrons. The predicted octanol–water partition coefficient (Wildman–Crippen LogP) is -2.26. The SMILES string of the molecule is O=S(=O)(O)CCCCF.[H-].[K+]. The Balaban J connectivity index is -0.000000320. The summed E-state index contributed by atoms with van der Waals surface area (Å²) in [4.78, 5) is 0. The predicted molar refractivity (Wildman–Crippen MR) is 32.7 cm³/mol. The van der Waals surface area contributed by atoms with Gasteiger partial charge in [-0.05, 0) is 12.8 Å². The molecule has 58 valence electrons. The molecule has 0 rings (SSSR count). The van der Waals surface area contributed by atoms with Crippen LogP contribution in [0.5, 0.6) is 0 Å². The van der Waals surface area contributed by atoms with Crippen LogP contribution in [0.1, 0.15) is 14.3 Å². The van der Waals surface area contributed by atoms with Gasteiger partial charge in [-0.2, -0.15) is 8.42 Å². The molecule has 0 saturated heterocycles. The Morgan fingerprint density at radius 1 is 1.40 bits per heavy atom. The summed E-state index contributed by atoms with van der Waals surface area (Å²) in [6.45, 7) is -0.532. The molecule has 0 bridgehead atoms. The maximum Gasteiger partial charge on any atom is 1.00 e. The van der Waals surface area contributed by atoms with Gasteiger partial charge in [0.15, 0.2) is 0 Å². The van der Waals surface area contributed by atoms with E-state index in [2.05, 4.69) is 0 Å². The summed E-state index contributed by atoms with van der Waals surface area (Å²) in [6, 6.07) is 0. The number of hydrogen-bond acceptors (Lipinski definition) is 2. The van der Waals surface area contributed by atoms with Crippen molar-refractivity contribution in [3.63, 3.8) is 0 Å². The van der Waals surface area contributed by atoms with Crippen LogP contribution in [0.25, 0.3) is 0 Å². The molecular weight excluding hydrogens is 186 g/mol. The minimum atomic E-state index is -3.86. The van der Waals surface area contributed by atoms with Crippen LogP contribution < -0.4 is 51.4 Å². The van der Waals surface area contributed by atoms with E-state index >= 15 is 0 Å². The third-order valence-corrected chi connectivity index (χ3v) is 1.59. The van der Waals surface area contributed by atoms with Crippen LogP contribution in [-0.4, -0.2) is 25.4 Å². The molecule has 0 atom stereocenters. The molecule has 0 saturated carbocycles. The van der Waals surface area contributed by atoms with Crippen molar-refractivity contribution in [1.29, 1.82) is 0 Å². The van der Waals surface area contributed by atoms with E-state index in [1.54, 1.807) is 0 Å². The van der Waals surface area contributed by atoms with E-state index in [4.69, 9.17) is 4.55 Å². The van der Waals surface area contributed by atoms with E-state index in [9.17, 15) is 12.8 Å². The van der Waals surface area contributed by atoms with Gasteiger partial charge in [-0.3, -0.25) is 8.94 Å². The van der Waals surface area contributed by atoms with Gasteiger partial charge in [0.25, 0.3) is 10.1 Å². The Kier molecular flexibility index (Phi) is 10.0. The molecule has 6 heteroatoms. The van der Waals surface area contributed by atoms with E-state index < -0.39 is 16.8 Å². The maximum atomic E-state index is 11.3. The fourth-order valence-electron chi connectivity index (χ4n) is 0.379. The van der Waals surface area contributed by atoms with Crippen molar-refractivity contribution < 1.29 is 70.2 Å². The first-order valence-corrected chi connectivity index (χ1v) is 4.18. The molecule has 3 nitrogen and oxygen atoms in total. The monoisotopic (exact) mass is 196 g/mol. The van der Waals surface area contributed by atoms with E-state index in [0.29, 0.717) is 0 Å². The minimum Gasteiger partial charge on any atom is -1.00 e. The van der Waals surface area contributed by atoms with Gasteiger partial charge in [-0.25, -0.2) is 0 Å². The second kappa shape index (κ2) is 7.14. The number of alkyl halides is 1. The van der Waals surface area contributed by atoms with Crippen molar-refractivity contribution in [2.45, 2.75) is 12.8 Å². The summed E-state index contributed by atoms with van der Waals surface area (Å²) in [7, 11) is -3.86. The van der Waals surface area contributed by atoms with Crippen LogP contribution >= 0.6 is 0 Å². The molecule has 0 aliphatic rings. The average Bonchev–Trinajstić information content (AvgIpc) is 1.63. The molecular formula is C4H10FKO3S. The number of rotatable bonds is 4. The van der Waals surface area contributed by atoms with Crippen LogP contribution in [0.2, 0.25) is 0 Å². The number of halogens is 1.